The van der Waals surface area contributed by atoms with Crippen LogP contribution in [0.25, 0.3) is 0 Å². The van der Waals surface area contributed by atoms with Crippen LogP contribution in [0.1, 0.15) is 21.5 Å². The SMILES string of the molecule is Cc1ccc(CNC(=O)c2ccc(Cl)c(NS(=O)(=O)c3ccc(F)cc3)c2)cc1F. The average Bonchev–Trinajstić information content (AvgIpc) is 2.70. The Hall–Kier alpha value is -2.97. The number of nitrogens with one attached hydrogen (secondary N) is 2. The van der Waals surface area contributed by atoms with E-state index in [4.69, 9.17) is 11.6 Å². The Morgan fingerprint density at radius 1 is 1.00 bits per heavy atom. The monoisotopic (exact) mass is 450 g/mol. The van der Waals surface area contributed by atoms with Gasteiger partial charge in [-0.1, -0.05) is 23.7 Å². The molecule has 0 unspecified atom stereocenters. The molecule has 0 fully saturated rings. The molecule has 0 heterocycles. The van der Waals surface area contributed by atoms with Crippen LogP contribution in [-0.2, 0) is 16.6 Å². The molecule has 3 aromatic rings. The number of rotatable bonds is 6. The summed E-state index contributed by atoms with van der Waals surface area (Å²) in [6.07, 6.45) is 0. The van der Waals surface area contributed by atoms with Gasteiger partial charge in [-0.2, -0.15) is 0 Å². The van der Waals surface area contributed by atoms with Crippen molar-refractivity contribution in [3.8, 4) is 0 Å². The molecule has 0 atom stereocenters. The smallest absolute Gasteiger partial charge is 0.261 e. The molecule has 156 valence electrons. The molecule has 2 N–H and O–H groups in total. The van der Waals surface area contributed by atoms with Crippen LogP contribution in [0.5, 0.6) is 0 Å². The lowest BCUT2D eigenvalue weighted by Gasteiger charge is -2.12. The largest absolute Gasteiger partial charge is 0.348 e. The number of carbonyl (C=O) groups excluding carboxylic acids is 1. The number of hydrogen-bond acceptors (Lipinski definition) is 3. The number of amides is 1. The molecule has 0 aliphatic heterocycles. The van der Waals surface area contributed by atoms with Gasteiger partial charge in [0, 0.05) is 12.1 Å². The molecule has 0 bridgehead atoms. The lowest BCUT2D eigenvalue weighted by atomic mass is 10.1. The van der Waals surface area contributed by atoms with Crippen LogP contribution >= 0.6 is 11.6 Å². The van der Waals surface area contributed by atoms with E-state index >= 15 is 0 Å². The Morgan fingerprint density at radius 2 is 1.70 bits per heavy atom. The van der Waals surface area contributed by atoms with Crippen LogP contribution in [0.2, 0.25) is 5.02 Å². The van der Waals surface area contributed by atoms with Crippen molar-refractivity contribution in [1.82, 2.24) is 5.32 Å². The number of halogens is 3. The fraction of sp³-hybridized carbons (Fsp3) is 0.0952. The quantitative estimate of drug-likeness (QED) is 0.573. The zero-order valence-corrected chi connectivity index (χ0v) is 17.3. The van der Waals surface area contributed by atoms with Crippen molar-refractivity contribution in [3.05, 3.63) is 94.0 Å². The number of hydrogen-bond donors (Lipinski definition) is 2. The van der Waals surface area contributed by atoms with E-state index in [2.05, 4.69) is 10.0 Å². The van der Waals surface area contributed by atoms with E-state index in [9.17, 15) is 22.0 Å². The first-order valence-electron chi connectivity index (χ1n) is 8.77. The molecular formula is C21H17ClF2N2O3S. The van der Waals surface area contributed by atoms with E-state index in [1.165, 1.54) is 24.3 Å². The van der Waals surface area contributed by atoms with Crippen LogP contribution in [-0.4, -0.2) is 14.3 Å². The molecule has 0 radical (unpaired) electrons. The first kappa shape index (κ1) is 21.7. The summed E-state index contributed by atoms with van der Waals surface area (Å²) in [5.74, 6) is -1.43. The van der Waals surface area contributed by atoms with Crippen LogP contribution in [0.3, 0.4) is 0 Å². The highest BCUT2D eigenvalue weighted by molar-refractivity contribution is 7.92. The highest BCUT2D eigenvalue weighted by Crippen LogP contribution is 2.26. The Balaban J connectivity index is 1.76. The second-order valence-electron chi connectivity index (χ2n) is 6.52. The van der Waals surface area contributed by atoms with Crippen molar-refractivity contribution in [1.29, 1.82) is 0 Å². The molecule has 5 nitrogen and oxygen atoms in total. The van der Waals surface area contributed by atoms with Gasteiger partial charge in [0.25, 0.3) is 15.9 Å². The molecular weight excluding hydrogens is 434 g/mol. The van der Waals surface area contributed by atoms with Crippen LogP contribution < -0.4 is 10.0 Å². The van der Waals surface area contributed by atoms with E-state index in [1.807, 2.05) is 0 Å². The summed E-state index contributed by atoms with van der Waals surface area (Å²) >= 11 is 6.06. The van der Waals surface area contributed by atoms with E-state index in [0.29, 0.717) is 11.1 Å². The van der Waals surface area contributed by atoms with Crippen molar-refractivity contribution >= 4 is 33.2 Å². The van der Waals surface area contributed by atoms with Gasteiger partial charge in [0.05, 0.1) is 15.6 Å². The first-order chi connectivity index (χ1) is 14.2. The Bertz CT molecular complexity index is 1200. The van der Waals surface area contributed by atoms with Gasteiger partial charge < -0.3 is 5.32 Å². The summed E-state index contributed by atoms with van der Waals surface area (Å²) in [6, 6.07) is 13.0. The summed E-state index contributed by atoms with van der Waals surface area (Å²) in [5.41, 5.74) is 1.23. The maximum absolute atomic E-state index is 13.6. The topological polar surface area (TPSA) is 75.3 Å². The third-order valence-electron chi connectivity index (χ3n) is 4.29. The third kappa shape index (κ3) is 5.14. The Labute approximate surface area is 177 Å². The van der Waals surface area contributed by atoms with Crippen LogP contribution in [0.15, 0.2) is 65.6 Å². The van der Waals surface area contributed by atoms with Gasteiger partial charge in [0.1, 0.15) is 11.6 Å². The number of carbonyl (C=O) groups is 1. The molecule has 0 aliphatic rings. The van der Waals surface area contributed by atoms with Crippen molar-refractivity contribution in [2.75, 3.05) is 4.72 Å². The molecule has 0 spiro atoms. The molecule has 0 saturated carbocycles. The highest BCUT2D eigenvalue weighted by atomic mass is 35.5. The van der Waals surface area contributed by atoms with Gasteiger partial charge in [-0.3, -0.25) is 9.52 Å². The second-order valence-corrected chi connectivity index (χ2v) is 8.61. The van der Waals surface area contributed by atoms with Gasteiger partial charge >= 0.3 is 0 Å². The predicted molar refractivity (Wildman–Crippen MR) is 111 cm³/mol. The summed E-state index contributed by atoms with van der Waals surface area (Å²) in [6.45, 7) is 1.73. The number of aryl methyl sites for hydroxylation is 1. The standard InChI is InChI=1S/C21H17ClF2N2O3S/c1-13-2-3-14(10-19(13)24)12-25-21(27)15-4-9-18(22)20(11-15)26-30(28,29)17-7-5-16(23)6-8-17/h2-11,26H,12H2,1H3,(H,25,27). The lowest BCUT2D eigenvalue weighted by Crippen LogP contribution is -2.23. The summed E-state index contributed by atoms with van der Waals surface area (Å²) in [7, 11) is -4.03. The van der Waals surface area contributed by atoms with Crippen molar-refractivity contribution in [2.45, 2.75) is 18.4 Å². The number of benzene rings is 3. The summed E-state index contributed by atoms with van der Waals surface area (Å²) in [5, 5.41) is 2.72. The lowest BCUT2D eigenvalue weighted by molar-refractivity contribution is 0.0951. The average molecular weight is 451 g/mol. The maximum atomic E-state index is 13.6. The van der Waals surface area contributed by atoms with E-state index in [1.54, 1.807) is 19.1 Å². The highest BCUT2D eigenvalue weighted by Gasteiger charge is 2.17. The molecule has 9 heteroatoms. The van der Waals surface area contributed by atoms with E-state index in [-0.39, 0.29) is 33.5 Å². The van der Waals surface area contributed by atoms with Crippen molar-refractivity contribution < 1.29 is 22.0 Å². The normalized spacial score (nSPS) is 11.2. The Kier molecular flexibility index (Phi) is 6.38. The molecule has 3 aromatic carbocycles. The molecule has 0 aromatic heterocycles. The molecule has 30 heavy (non-hydrogen) atoms. The molecule has 1 amide bonds. The zero-order chi connectivity index (χ0) is 21.9. The van der Waals surface area contributed by atoms with E-state index in [0.717, 1.165) is 24.3 Å². The number of anilines is 1. The van der Waals surface area contributed by atoms with Crippen LogP contribution in [0, 0.1) is 18.6 Å². The number of sulfonamides is 1. The maximum Gasteiger partial charge on any atom is 0.261 e. The van der Waals surface area contributed by atoms with Crippen LogP contribution in [0.4, 0.5) is 14.5 Å². The molecule has 0 saturated heterocycles. The fourth-order valence-electron chi connectivity index (χ4n) is 2.59. The van der Waals surface area contributed by atoms with Gasteiger partial charge in [0.15, 0.2) is 0 Å². The summed E-state index contributed by atoms with van der Waals surface area (Å²) in [4.78, 5) is 12.3. The first-order valence-corrected chi connectivity index (χ1v) is 10.6. The fourth-order valence-corrected chi connectivity index (χ4v) is 3.88. The Morgan fingerprint density at radius 3 is 2.37 bits per heavy atom. The second kappa shape index (κ2) is 8.81. The third-order valence-corrected chi connectivity index (χ3v) is 6.00. The molecule has 3 rings (SSSR count). The van der Waals surface area contributed by atoms with Crippen molar-refractivity contribution in [3.63, 3.8) is 0 Å². The molecule has 0 aliphatic carbocycles. The van der Waals surface area contributed by atoms with Gasteiger partial charge in [0.2, 0.25) is 0 Å². The van der Waals surface area contributed by atoms with E-state index < -0.39 is 21.7 Å². The predicted octanol–water partition coefficient (Wildman–Crippen LogP) is 4.66. The minimum absolute atomic E-state index is 0.00461. The van der Waals surface area contributed by atoms with Gasteiger partial charge in [-0.15, -0.1) is 0 Å². The zero-order valence-electron chi connectivity index (χ0n) is 15.7. The van der Waals surface area contributed by atoms with Crippen molar-refractivity contribution in [2.24, 2.45) is 0 Å². The van der Waals surface area contributed by atoms with Gasteiger partial charge in [-0.05, 0) is 66.6 Å². The van der Waals surface area contributed by atoms with Gasteiger partial charge in [-0.25, -0.2) is 17.2 Å². The summed E-state index contributed by atoms with van der Waals surface area (Å²) < 4.78 is 53.9. The minimum Gasteiger partial charge on any atom is -0.348 e. The minimum atomic E-state index is -4.03.